The van der Waals surface area contributed by atoms with E-state index in [1.165, 1.54) is 14.1 Å². The van der Waals surface area contributed by atoms with E-state index in [0.29, 0.717) is 25.1 Å². The third-order valence-corrected chi connectivity index (χ3v) is 6.51. The maximum Gasteiger partial charge on any atom is 0.278 e. The zero-order valence-corrected chi connectivity index (χ0v) is 16.8. The fourth-order valence-electron chi connectivity index (χ4n) is 3.49. The summed E-state index contributed by atoms with van der Waals surface area (Å²) < 4.78 is 27.5. The highest BCUT2D eigenvalue weighted by Gasteiger charge is 2.28. The van der Waals surface area contributed by atoms with Crippen molar-refractivity contribution in [3.05, 3.63) is 29.6 Å². The Kier molecular flexibility index (Phi) is 5.83. The topological polar surface area (TPSA) is 98.4 Å². The van der Waals surface area contributed by atoms with Crippen molar-refractivity contribution >= 4 is 27.1 Å². The summed E-state index contributed by atoms with van der Waals surface area (Å²) in [7, 11) is -0.458. The number of aryl methyl sites for hydroxylation is 1. The first-order chi connectivity index (χ1) is 12.8. The van der Waals surface area contributed by atoms with Gasteiger partial charge in [-0.15, -0.1) is 0 Å². The van der Waals surface area contributed by atoms with E-state index in [4.69, 9.17) is 0 Å². The second-order valence-corrected chi connectivity index (χ2v) is 9.14. The third kappa shape index (κ3) is 4.48. The number of H-pyrrole nitrogens is 1. The number of hydrogen-bond donors (Lipinski definition) is 2. The number of amides is 1. The smallest absolute Gasteiger partial charge is 0.278 e. The van der Waals surface area contributed by atoms with Crippen LogP contribution in [0.4, 0.5) is 0 Å². The molecule has 148 valence electrons. The number of carbonyl (C=O) groups excluding carboxylic acids is 1. The monoisotopic (exact) mass is 393 g/mol. The standard InChI is InChI=1S/C18H27N5O3S/c1-13-20-16-8-7-14(12-17(16)21-13)18(24)23-11-5-4-6-15(23)9-10-19-27(25,26)22(2)3/h7-8,12,15,19H,4-6,9-11H2,1-3H3,(H,20,21)/t15-/m1/s1. The van der Waals surface area contributed by atoms with Crippen molar-refractivity contribution in [2.75, 3.05) is 27.2 Å². The fraction of sp³-hybridized carbons (Fsp3) is 0.556. The Hall–Kier alpha value is -1.97. The lowest BCUT2D eigenvalue weighted by molar-refractivity contribution is 0.0604. The predicted octanol–water partition coefficient (Wildman–Crippen LogP) is 1.65. The number of fused-ring (bicyclic) bond motifs is 1. The lowest BCUT2D eigenvalue weighted by Crippen LogP contribution is -2.46. The van der Waals surface area contributed by atoms with Crippen LogP contribution in [0.2, 0.25) is 0 Å². The van der Waals surface area contributed by atoms with Crippen molar-refractivity contribution in [2.45, 2.75) is 38.6 Å². The highest BCUT2D eigenvalue weighted by molar-refractivity contribution is 7.87. The van der Waals surface area contributed by atoms with E-state index in [1.54, 1.807) is 0 Å². The molecule has 27 heavy (non-hydrogen) atoms. The summed E-state index contributed by atoms with van der Waals surface area (Å²) >= 11 is 0. The first-order valence-corrected chi connectivity index (χ1v) is 10.7. The summed E-state index contributed by atoms with van der Waals surface area (Å²) in [6, 6.07) is 5.55. The van der Waals surface area contributed by atoms with Gasteiger partial charge in [0, 0.05) is 38.8 Å². The summed E-state index contributed by atoms with van der Waals surface area (Å²) in [6.07, 6.45) is 3.51. The van der Waals surface area contributed by atoms with E-state index in [2.05, 4.69) is 14.7 Å². The van der Waals surface area contributed by atoms with Gasteiger partial charge in [0.1, 0.15) is 5.82 Å². The molecular weight excluding hydrogens is 366 g/mol. The number of aromatic amines is 1. The minimum Gasteiger partial charge on any atom is -0.342 e. The Labute approximate surface area is 160 Å². The van der Waals surface area contributed by atoms with E-state index >= 15 is 0 Å². The van der Waals surface area contributed by atoms with Crippen LogP contribution in [-0.4, -0.2) is 66.7 Å². The van der Waals surface area contributed by atoms with Crippen LogP contribution in [-0.2, 0) is 10.2 Å². The second-order valence-electron chi connectivity index (χ2n) is 7.17. The van der Waals surface area contributed by atoms with Crippen molar-refractivity contribution in [2.24, 2.45) is 0 Å². The number of nitrogens with one attached hydrogen (secondary N) is 2. The average molecular weight is 394 g/mol. The largest absolute Gasteiger partial charge is 0.342 e. The molecule has 1 fully saturated rings. The molecule has 0 bridgehead atoms. The maximum absolute atomic E-state index is 13.1. The molecule has 8 nitrogen and oxygen atoms in total. The highest BCUT2D eigenvalue weighted by atomic mass is 32.2. The van der Waals surface area contributed by atoms with Crippen molar-refractivity contribution in [1.82, 2.24) is 23.9 Å². The van der Waals surface area contributed by atoms with E-state index in [9.17, 15) is 13.2 Å². The van der Waals surface area contributed by atoms with Crippen LogP contribution in [0.3, 0.4) is 0 Å². The molecule has 1 aliphatic heterocycles. The van der Waals surface area contributed by atoms with E-state index in [-0.39, 0.29) is 11.9 Å². The van der Waals surface area contributed by atoms with E-state index < -0.39 is 10.2 Å². The zero-order chi connectivity index (χ0) is 19.6. The number of nitrogens with zero attached hydrogens (tertiary/aromatic N) is 3. The van der Waals surface area contributed by atoms with Crippen molar-refractivity contribution in [3.63, 3.8) is 0 Å². The Morgan fingerprint density at radius 2 is 2.15 bits per heavy atom. The van der Waals surface area contributed by atoms with Gasteiger partial charge in [0.05, 0.1) is 11.0 Å². The Bertz CT molecular complexity index is 922. The number of likely N-dealkylation sites (tertiary alicyclic amines) is 1. The molecule has 2 N–H and O–H groups in total. The molecular formula is C18H27N5O3S. The van der Waals surface area contributed by atoms with Gasteiger partial charge in [-0.3, -0.25) is 4.79 Å². The third-order valence-electron chi connectivity index (χ3n) is 4.98. The normalized spacial score (nSPS) is 18.4. The quantitative estimate of drug-likeness (QED) is 0.780. The van der Waals surface area contributed by atoms with Crippen LogP contribution in [0.5, 0.6) is 0 Å². The molecule has 0 saturated carbocycles. The molecule has 1 amide bonds. The summed E-state index contributed by atoms with van der Waals surface area (Å²) in [5.41, 5.74) is 2.33. The molecule has 0 aliphatic carbocycles. The molecule has 2 heterocycles. The predicted molar refractivity (Wildman–Crippen MR) is 105 cm³/mol. The van der Waals surface area contributed by atoms with Crippen molar-refractivity contribution < 1.29 is 13.2 Å². The summed E-state index contributed by atoms with van der Waals surface area (Å²) in [4.78, 5) is 22.5. The number of benzene rings is 1. The van der Waals surface area contributed by atoms with Crippen LogP contribution in [0, 0.1) is 6.92 Å². The molecule has 1 aromatic carbocycles. The molecule has 3 rings (SSSR count). The number of imidazole rings is 1. The highest BCUT2D eigenvalue weighted by Crippen LogP contribution is 2.23. The van der Waals surface area contributed by atoms with Gasteiger partial charge in [-0.05, 0) is 50.8 Å². The van der Waals surface area contributed by atoms with Gasteiger partial charge in [-0.1, -0.05) is 0 Å². The van der Waals surface area contributed by atoms with Crippen LogP contribution in [0.1, 0.15) is 41.9 Å². The Balaban J connectivity index is 1.70. The van der Waals surface area contributed by atoms with E-state index in [0.717, 1.165) is 40.4 Å². The van der Waals surface area contributed by atoms with Crippen molar-refractivity contribution in [1.29, 1.82) is 0 Å². The molecule has 0 spiro atoms. The van der Waals surface area contributed by atoms with Crippen LogP contribution in [0.25, 0.3) is 11.0 Å². The van der Waals surface area contributed by atoms with Gasteiger partial charge >= 0.3 is 0 Å². The number of rotatable bonds is 6. The SMILES string of the molecule is Cc1nc2ccc(C(=O)N3CCCC[C@@H]3CCNS(=O)(=O)N(C)C)cc2[nH]1. The van der Waals surface area contributed by atoms with Gasteiger partial charge in [0.15, 0.2) is 0 Å². The second kappa shape index (κ2) is 7.95. The van der Waals surface area contributed by atoms with E-state index in [1.807, 2.05) is 30.0 Å². The lowest BCUT2D eigenvalue weighted by atomic mass is 9.98. The molecule has 1 aliphatic rings. The molecule has 1 atom stereocenters. The van der Waals surface area contributed by atoms with Crippen LogP contribution < -0.4 is 4.72 Å². The number of aromatic nitrogens is 2. The minimum absolute atomic E-state index is 0.00989. The van der Waals surface area contributed by atoms with Gasteiger partial charge < -0.3 is 9.88 Å². The molecule has 1 saturated heterocycles. The number of piperidine rings is 1. The van der Waals surface area contributed by atoms with Gasteiger partial charge in [-0.25, -0.2) is 9.71 Å². The fourth-order valence-corrected chi connectivity index (χ4v) is 4.12. The molecule has 1 aromatic heterocycles. The Morgan fingerprint density at radius 3 is 2.89 bits per heavy atom. The molecule has 0 radical (unpaired) electrons. The summed E-state index contributed by atoms with van der Waals surface area (Å²) in [5.74, 6) is 0.808. The molecule has 2 aromatic rings. The van der Waals surface area contributed by atoms with Gasteiger partial charge in [0.25, 0.3) is 16.1 Å². The first-order valence-electron chi connectivity index (χ1n) is 9.22. The number of hydrogen-bond acceptors (Lipinski definition) is 4. The summed E-state index contributed by atoms with van der Waals surface area (Å²) in [5, 5.41) is 0. The minimum atomic E-state index is -3.44. The van der Waals surface area contributed by atoms with Gasteiger partial charge in [0.2, 0.25) is 0 Å². The van der Waals surface area contributed by atoms with Crippen LogP contribution in [0.15, 0.2) is 18.2 Å². The zero-order valence-electron chi connectivity index (χ0n) is 16.0. The van der Waals surface area contributed by atoms with Crippen LogP contribution >= 0.6 is 0 Å². The Morgan fingerprint density at radius 1 is 1.37 bits per heavy atom. The lowest BCUT2D eigenvalue weighted by Gasteiger charge is -2.36. The van der Waals surface area contributed by atoms with Gasteiger partial charge in [-0.2, -0.15) is 12.7 Å². The maximum atomic E-state index is 13.1. The average Bonchev–Trinajstić information content (AvgIpc) is 3.00. The van der Waals surface area contributed by atoms with Crippen molar-refractivity contribution in [3.8, 4) is 0 Å². The molecule has 0 unspecified atom stereocenters. The first kappa shape index (κ1) is 19.8. The number of carbonyl (C=O) groups is 1. The molecule has 9 heteroatoms. The summed E-state index contributed by atoms with van der Waals surface area (Å²) in [6.45, 7) is 2.90.